The third-order valence-electron chi connectivity index (χ3n) is 3.32. The van der Waals surface area contributed by atoms with Gasteiger partial charge in [-0.25, -0.2) is 4.98 Å². The molecule has 2 aromatic rings. The smallest absolute Gasteiger partial charge is 0.101 e. The zero-order chi connectivity index (χ0) is 14.0. The van der Waals surface area contributed by atoms with Crippen molar-refractivity contribution in [2.24, 2.45) is 7.05 Å². The maximum Gasteiger partial charge on any atom is 0.101 e. The highest BCUT2D eigenvalue weighted by atomic mass is 16.3. The van der Waals surface area contributed by atoms with Gasteiger partial charge < -0.3 is 9.67 Å². The maximum atomic E-state index is 10.1. The Balaban J connectivity index is 2.07. The van der Waals surface area contributed by atoms with Crippen LogP contribution in [0.15, 0.2) is 36.8 Å². The molecule has 3 heteroatoms. The van der Waals surface area contributed by atoms with Gasteiger partial charge in [-0.05, 0) is 16.5 Å². The van der Waals surface area contributed by atoms with Gasteiger partial charge in [0.25, 0.3) is 0 Å². The molecular formula is C16H22N2O. The summed E-state index contributed by atoms with van der Waals surface area (Å²) in [6.07, 6.45) is 3.62. The molecule has 1 unspecified atom stereocenters. The Labute approximate surface area is 114 Å². The molecule has 1 N–H and O–H groups in total. The molecule has 0 aliphatic rings. The molecular weight excluding hydrogens is 236 g/mol. The van der Waals surface area contributed by atoms with Crippen LogP contribution < -0.4 is 0 Å². The minimum absolute atomic E-state index is 0.165. The molecule has 0 fully saturated rings. The molecule has 0 amide bonds. The molecule has 102 valence electrons. The summed E-state index contributed by atoms with van der Waals surface area (Å²) in [7, 11) is 1.90. The van der Waals surface area contributed by atoms with Crippen LogP contribution in [-0.4, -0.2) is 14.7 Å². The number of rotatable bonds is 3. The summed E-state index contributed by atoms with van der Waals surface area (Å²) in [5.41, 5.74) is 3.33. The SMILES string of the molecule is Cn1cnc(C(O)Cc2ccc(C(C)(C)C)cc2)c1. The average molecular weight is 258 g/mol. The molecule has 0 spiro atoms. The summed E-state index contributed by atoms with van der Waals surface area (Å²) in [6, 6.07) is 8.46. The van der Waals surface area contributed by atoms with Crippen LogP contribution in [0.5, 0.6) is 0 Å². The first-order valence-electron chi connectivity index (χ1n) is 6.61. The highest BCUT2D eigenvalue weighted by Crippen LogP contribution is 2.23. The Morgan fingerprint density at radius 3 is 2.32 bits per heavy atom. The van der Waals surface area contributed by atoms with Crippen LogP contribution in [0.3, 0.4) is 0 Å². The standard InChI is InChI=1S/C16H22N2O/c1-16(2,3)13-7-5-12(6-8-13)9-15(19)14-10-18(4)11-17-14/h5-8,10-11,15,19H,9H2,1-4H3. The van der Waals surface area contributed by atoms with Crippen LogP contribution in [0, 0.1) is 0 Å². The second kappa shape index (κ2) is 5.17. The largest absolute Gasteiger partial charge is 0.386 e. The van der Waals surface area contributed by atoms with Crippen molar-refractivity contribution < 1.29 is 5.11 Å². The van der Waals surface area contributed by atoms with Crippen LogP contribution in [0.4, 0.5) is 0 Å². The monoisotopic (exact) mass is 258 g/mol. The third-order valence-corrected chi connectivity index (χ3v) is 3.32. The maximum absolute atomic E-state index is 10.1. The van der Waals surface area contributed by atoms with E-state index in [1.165, 1.54) is 5.56 Å². The Bertz CT molecular complexity index is 535. The van der Waals surface area contributed by atoms with Gasteiger partial charge in [-0.1, -0.05) is 45.0 Å². The number of nitrogens with zero attached hydrogens (tertiary/aromatic N) is 2. The number of aromatic nitrogens is 2. The Hall–Kier alpha value is -1.61. The van der Waals surface area contributed by atoms with Crippen LogP contribution >= 0.6 is 0 Å². The van der Waals surface area contributed by atoms with E-state index in [9.17, 15) is 5.11 Å². The van der Waals surface area contributed by atoms with Crippen molar-refractivity contribution in [3.05, 3.63) is 53.6 Å². The van der Waals surface area contributed by atoms with Crippen LogP contribution in [0.25, 0.3) is 0 Å². The third kappa shape index (κ3) is 3.44. The first-order valence-corrected chi connectivity index (χ1v) is 6.61. The molecule has 2 rings (SSSR count). The van der Waals surface area contributed by atoms with E-state index in [1.54, 1.807) is 6.33 Å². The van der Waals surface area contributed by atoms with E-state index in [1.807, 2.05) is 17.8 Å². The molecule has 1 aromatic carbocycles. The van der Waals surface area contributed by atoms with Crippen molar-refractivity contribution in [3.8, 4) is 0 Å². The Morgan fingerprint density at radius 2 is 1.84 bits per heavy atom. The fourth-order valence-corrected chi connectivity index (χ4v) is 2.07. The topological polar surface area (TPSA) is 38.0 Å². The fraction of sp³-hybridized carbons (Fsp3) is 0.438. The van der Waals surface area contributed by atoms with Crippen molar-refractivity contribution in [3.63, 3.8) is 0 Å². The highest BCUT2D eigenvalue weighted by molar-refractivity contribution is 5.28. The second-order valence-electron chi connectivity index (χ2n) is 6.13. The molecule has 19 heavy (non-hydrogen) atoms. The van der Waals surface area contributed by atoms with Crippen LogP contribution in [-0.2, 0) is 18.9 Å². The summed E-state index contributed by atoms with van der Waals surface area (Å²) >= 11 is 0. The molecule has 0 saturated carbocycles. The molecule has 1 heterocycles. The second-order valence-corrected chi connectivity index (χ2v) is 6.13. The van der Waals surface area contributed by atoms with Gasteiger partial charge in [-0.3, -0.25) is 0 Å². The lowest BCUT2D eigenvalue weighted by molar-refractivity contribution is 0.174. The molecule has 1 atom stereocenters. The first kappa shape index (κ1) is 13.8. The Morgan fingerprint density at radius 1 is 1.21 bits per heavy atom. The predicted octanol–water partition coefficient (Wildman–Crippen LogP) is 2.99. The van der Waals surface area contributed by atoms with Gasteiger partial charge in [0.15, 0.2) is 0 Å². The lowest BCUT2D eigenvalue weighted by atomic mass is 9.86. The van der Waals surface area contributed by atoms with E-state index in [4.69, 9.17) is 0 Å². The van der Waals surface area contributed by atoms with Gasteiger partial charge >= 0.3 is 0 Å². The predicted molar refractivity (Wildman–Crippen MR) is 77.0 cm³/mol. The Kier molecular flexibility index (Phi) is 3.76. The van der Waals surface area contributed by atoms with Crippen molar-refractivity contribution in [1.29, 1.82) is 0 Å². The quantitative estimate of drug-likeness (QED) is 0.919. The van der Waals surface area contributed by atoms with E-state index in [2.05, 4.69) is 50.0 Å². The normalized spacial score (nSPS) is 13.5. The zero-order valence-electron chi connectivity index (χ0n) is 12.1. The molecule has 0 aliphatic heterocycles. The average Bonchev–Trinajstić information content (AvgIpc) is 2.75. The minimum Gasteiger partial charge on any atom is -0.386 e. The van der Waals surface area contributed by atoms with E-state index in [0.29, 0.717) is 6.42 Å². The molecule has 3 nitrogen and oxygen atoms in total. The van der Waals surface area contributed by atoms with Gasteiger partial charge in [-0.2, -0.15) is 0 Å². The van der Waals surface area contributed by atoms with Gasteiger partial charge in [-0.15, -0.1) is 0 Å². The van der Waals surface area contributed by atoms with E-state index >= 15 is 0 Å². The summed E-state index contributed by atoms with van der Waals surface area (Å²) < 4.78 is 1.85. The first-order chi connectivity index (χ1) is 8.86. The lowest BCUT2D eigenvalue weighted by Crippen LogP contribution is -2.11. The number of benzene rings is 1. The number of aliphatic hydroxyl groups is 1. The molecule has 0 saturated heterocycles. The van der Waals surface area contributed by atoms with Crippen molar-refractivity contribution in [1.82, 2.24) is 9.55 Å². The number of hydrogen-bond acceptors (Lipinski definition) is 2. The molecule has 1 aromatic heterocycles. The summed E-state index contributed by atoms with van der Waals surface area (Å²) in [5.74, 6) is 0. The fourth-order valence-electron chi connectivity index (χ4n) is 2.07. The van der Waals surface area contributed by atoms with Gasteiger partial charge in [0, 0.05) is 19.7 Å². The zero-order valence-corrected chi connectivity index (χ0v) is 12.1. The minimum atomic E-state index is -0.540. The number of aliphatic hydroxyl groups excluding tert-OH is 1. The number of hydrogen-bond donors (Lipinski definition) is 1. The van der Waals surface area contributed by atoms with Gasteiger partial charge in [0.1, 0.15) is 6.10 Å². The van der Waals surface area contributed by atoms with Crippen molar-refractivity contribution >= 4 is 0 Å². The summed E-state index contributed by atoms with van der Waals surface area (Å²) in [6.45, 7) is 6.60. The molecule has 0 aliphatic carbocycles. The van der Waals surface area contributed by atoms with E-state index in [-0.39, 0.29) is 5.41 Å². The van der Waals surface area contributed by atoms with Crippen LogP contribution in [0.2, 0.25) is 0 Å². The van der Waals surface area contributed by atoms with E-state index in [0.717, 1.165) is 11.3 Å². The molecule has 0 radical (unpaired) electrons. The lowest BCUT2D eigenvalue weighted by Gasteiger charge is -2.19. The highest BCUT2D eigenvalue weighted by Gasteiger charge is 2.14. The molecule has 0 bridgehead atoms. The van der Waals surface area contributed by atoms with Crippen LogP contribution in [0.1, 0.15) is 43.7 Å². The number of imidazole rings is 1. The summed E-state index contributed by atoms with van der Waals surface area (Å²) in [5, 5.41) is 10.1. The van der Waals surface area contributed by atoms with Gasteiger partial charge in [0.05, 0.1) is 12.0 Å². The van der Waals surface area contributed by atoms with Crippen molar-refractivity contribution in [2.75, 3.05) is 0 Å². The van der Waals surface area contributed by atoms with Gasteiger partial charge in [0.2, 0.25) is 0 Å². The number of aryl methyl sites for hydroxylation is 1. The summed E-state index contributed by atoms with van der Waals surface area (Å²) in [4.78, 5) is 4.18. The van der Waals surface area contributed by atoms with Crippen molar-refractivity contribution in [2.45, 2.75) is 38.7 Å². The van der Waals surface area contributed by atoms with E-state index < -0.39 is 6.10 Å².